The van der Waals surface area contributed by atoms with E-state index in [0.717, 1.165) is 10.0 Å². The zero-order valence-corrected chi connectivity index (χ0v) is 21.0. The maximum absolute atomic E-state index is 13.6. The van der Waals surface area contributed by atoms with Gasteiger partial charge in [-0.25, -0.2) is 5.01 Å². The standard InChI is InChI=1S/C22H18Br2ClN3O5/c23-16-9-14-15(10-17(16)24)22(31)27(21(14)30)26(20(29)13-6-2-3-7-18(13)25)11-12-5-1-4-8-19(12)28(32)33/h1-8,14-17H,9-11H2/t14-,15+,16+,17-. The van der Waals surface area contributed by atoms with E-state index in [0.29, 0.717) is 12.8 Å². The maximum atomic E-state index is 13.6. The number of nitro benzene ring substituents is 1. The number of hydrogen-bond acceptors (Lipinski definition) is 5. The van der Waals surface area contributed by atoms with E-state index in [-0.39, 0.29) is 38.0 Å². The van der Waals surface area contributed by atoms with Crippen molar-refractivity contribution < 1.29 is 19.3 Å². The summed E-state index contributed by atoms with van der Waals surface area (Å²) in [6, 6.07) is 12.2. The highest BCUT2D eigenvalue weighted by Gasteiger charge is 2.54. The number of nitrogens with zero attached hydrogens (tertiary/aromatic N) is 3. The first-order chi connectivity index (χ1) is 15.7. The van der Waals surface area contributed by atoms with Gasteiger partial charge in [0.2, 0.25) is 0 Å². The lowest BCUT2D eigenvalue weighted by atomic mass is 9.81. The van der Waals surface area contributed by atoms with Gasteiger partial charge in [0.15, 0.2) is 0 Å². The van der Waals surface area contributed by atoms with Gasteiger partial charge in [0.25, 0.3) is 23.4 Å². The molecule has 0 bridgehead atoms. The summed E-state index contributed by atoms with van der Waals surface area (Å²) in [6.07, 6.45) is 0.864. The minimum Gasteiger partial charge on any atom is -0.272 e. The molecule has 172 valence electrons. The Bertz CT molecular complexity index is 1120. The summed E-state index contributed by atoms with van der Waals surface area (Å²) in [7, 11) is 0. The minimum absolute atomic E-state index is 0.00150. The van der Waals surface area contributed by atoms with Crippen molar-refractivity contribution >= 4 is 66.9 Å². The number of halogens is 3. The van der Waals surface area contributed by atoms with Crippen LogP contribution in [-0.4, -0.2) is 42.3 Å². The Kier molecular flexibility index (Phi) is 6.88. The Labute approximate surface area is 211 Å². The second-order valence-electron chi connectivity index (χ2n) is 7.93. The third kappa shape index (κ3) is 4.43. The number of rotatable bonds is 5. The molecule has 1 saturated heterocycles. The van der Waals surface area contributed by atoms with Crippen molar-refractivity contribution in [3.8, 4) is 0 Å². The molecule has 0 unspecified atom stereocenters. The highest BCUT2D eigenvalue weighted by molar-refractivity contribution is 9.12. The van der Waals surface area contributed by atoms with Gasteiger partial charge in [0, 0.05) is 15.7 Å². The number of carbonyl (C=O) groups excluding carboxylic acids is 3. The fourth-order valence-corrected chi connectivity index (χ4v) is 5.76. The van der Waals surface area contributed by atoms with Crippen LogP contribution in [0.4, 0.5) is 5.69 Å². The van der Waals surface area contributed by atoms with Crippen LogP contribution in [0.3, 0.4) is 0 Å². The number of hydrogen-bond donors (Lipinski definition) is 0. The third-order valence-corrected chi connectivity index (χ3v) is 9.04. The molecule has 2 aromatic rings. The Balaban J connectivity index is 1.77. The van der Waals surface area contributed by atoms with Gasteiger partial charge in [0.05, 0.1) is 39.5 Å². The van der Waals surface area contributed by atoms with E-state index in [1.165, 1.54) is 30.3 Å². The van der Waals surface area contributed by atoms with Crippen LogP contribution in [0, 0.1) is 22.0 Å². The van der Waals surface area contributed by atoms with E-state index in [1.54, 1.807) is 18.2 Å². The normalized spacial score (nSPS) is 24.5. The minimum atomic E-state index is -0.690. The molecule has 1 aliphatic carbocycles. The molecule has 11 heteroatoms. The fourth-order valence-electron chi connectivity index (χ4n) is 4.31. The quantitative estimate of drug-likeness (QED) is 0.214. The lowest BCUT2D eigenvalue weighted by molar-refractivity contribution is -0.385. The number of para-hydroxylation sites is 1. The highest BCUT2D eigenvalue weighted by atomic mass is 79.9. The van der Waals surface area contributed by atoms with Crippen molar-refractivity contribution in [1.29, 1.82) is 0 Å². The van der Waals surface area contributed by atoms with E-state index in [4.69, 9.17) is 11.6 Å². The lowest BCUT2D eigenvalue weighted by Gasteiger charge is -2.30. The van der Waals surface area contributed by atoms with Gasteiger partial charge in [-0.2, -0.15) is 5.01 Å². The number of amides is 3. The molecule has 0 N–H and O–H groups in total. The number of alkyl halides is 2. The highest BCUT2D eigenvalue weighted by Crippen LogP contribution is 2.44. The molecule has 2 fully saturated rings. The van der Waals surface area contributed by atoms with Gasteiger partial charge < -0.3 is 0 Å². The molecule has 1 saturated carbocycles. The van der Waals surface area contributed by atoms with Crippen LogP contribution >= 0.6 is 43.5 Å². The maximum Gasteiger partial charge on any atom is 0.274 e. The van der Waals surface area contributed by atoms with E-state index in [9.17, 15) is 24.5 Å². The monoisotopic (exact) mass is 597 g/mol. The van der Waals surface area contributed by atoms with E-state index >= 15 is 0 Å². The molecule has 2 aromatic carbocycles. The molecule has 0 radical (unpaired) electrons. The Morgan fingerprint density at radius 2 is 1.58 bits per heavy atom. The SMILES string of the molecule is O=C(c1ccccc1Cl)N(Cc1ccccc1[N+](=O)[O-])N1C(=O)[C@H]2C[C@@H](Br)[C@@H](Br)C[C@H]2C1=O. The van der Waals surface area contributed by atoms with E-state index in [2.05, 4.69) is 31.9 Å². The van der Waals surface area contributed by atoms with Crippen molar-refractivity contribution in [2.24, 2.45) is 11.8 Å². The van der Waals surface area contributed by atoms with Crippen molar-refractivity contribution in [2.45, 2.75) is 29.0 Å². The first-order valence-electron chi connectivity index (χ1n) is 10.1. The van der Waals surface area contributed by atoms with Crippen molar-refractivity contribution in [3.63, 3.8) is 0 Å². The topological polar surface area (TPSA) is 101 Å². The largest absolute Gasteiger partial charge is 0.274 e. The average Bonchev–Trinajstić information content (AvgIpc) is 3.02. The van der Waals surface area contributed by atoms with E-state index in [1.807, 2.05) is 0 Å². The molecular weight excluding hydrogens is 582 g/mol. The first kappa shape index (κ1) is 23.8. The van der Waals surface area contributed by atoms with Crippen LogP contribution in [0.15, 0.2) is 48.5 Å². The first-order valence-corrected chi connectivity index (χ1v) is 12.4. The summed E-state index contributed by atoms with van der Waals surface area (Å²) in [5, 5.41) is 13.5. The molecular formula is C22H18Br2ClN3O5. The Morgan fingerprint density at radius 1 is 1.03 bits per heavy atom. The second-order valence-corrected chi connectivity index (χ2v) is 10.7. The smallest absolute Gasteiger partial charge is 0.272 e. The molecule has 1 aliphatic heterocycles. The van der Waals surface area contributed by atoms with Gasteiger partial charge in [-0.3, -0.25) is 24.5 Å². The molecule has 4 atom stereocenters. The summed E-state index contributed by atoms with van der Waals surface area (Å²) < 4.78 is 0. The van der Waals surface area contributed by atoms with Crippen LogP contribution in [0.2, 0.25) is 5.02 Å². The molecule has 1 heterocycles. The van der Waals surface area contributed by atoms with Crippen LogP contribution in [-0.2, 0) is 16.1 Å². The molecule has 0 spiro atoms. The number of fused-ring (bicyclic) bond motifs is 1. The van der Waals surface area contributed by atoms with Gasteiger partial charge >= 0.3 is 0 Å². The van der Waals surface area contributed by atoms with Gasteiger partial charge in [-0.05, 0) is 25.0 Å². The summed E-state index contributed by atoms with van der Waals surface area (Å²) in [5.74, 6) is -2.84. The van der Waals surface area contributed by atoms with Crippen LogP contribution in [0.1, 0.15) is 28.8 Å². The number of hydrazine groups is 1. The van der Waals surface area contributed by atoms with Crippen molar-refractivity contribution in [1.82, 2.24) is 10.0 Å². The zero-order valence-electron chi connectivity index (χ0n) is 17.1. The predicted octanol–water partition coefficient (Wildman–Crippen LogP) is 4.73. The summed E-state index contributed by atoms with van der Waals surface area (Å²) >= 11 is 13.3. The van der Waals surface area contributed by atoms with Gasteiger partial charge in [-0.1, -0.05) is 73.8 Å². The summed E-state index contributed by atoms with van der Waals surface area (Å²) in [4.78, 5) is 51.3. The van der Waals surface area contributed by atoms with Crippen molar-refractivity contribution in [3.05, 3.63) is 74.8 Å². The molecule has 2 aliphatic rings. The lowest BCUT2D eigenvalue weighted by Crippen LogP contribution is -2.50. The average molecular weight is 600 g/mol. The van der Waals surface area contributed by atoms with Crippen LogP contribution in [0.25, 0.3) is 0 Å². The Hall–Kier alpha value is -2.30. The van der Waals surface area contributed by atoms with Crippen LogP contribution < -0.4 is 0 Å². The van der Waals surface area contributed by atoms with Crippen molar-refractivity contribution in [2.75, 3.05) is 0 Å². The van der Waals surface area contributed by atoms with E-state index < -0.39 is 34.5 Å². The molecule has 4 rings (SSSR count). The fraction of sp³-hybridized carbons (Fsp3) is 0.318. The van der Waals surface area contributed by atoms with Gasteiger partial charge in [0.1, 0.15) is 0 Å². The summed E-state index contributed by atoms with van der Waals surface area (Å²) in [6.45, 7) is -0.340. The molecule has 8 nitrogen and oxygen atoms in total. The third-order valence-electron chi connectivity index (χ3n) is 5.98. The number of nitro groups is 1. The summed E-state index contributed by atoms with van der Waals surface area (Å²) in [5.41, 5.74) is 0.0621. The zero-order chi connectivity index (χ0) is 23.9. The predicted molar refractivity (Wildman–Crippen MR) is 128 cm³/mol. The molecule has 0 aromatic heterocycles. The number of benzene rings is 2. The number of imide groups is 1. The van der Waals surface area contributed by atoms with Crippen LogP contribution in [0.5, 0.6) is 0 Å². The second kappa shape index (κ2) is 9.52. The number of carbonyl (C=O) groups is 3. The molecule has 3 amide bonds. The van der Waals surface area contributed by atoms with Gasteiger partial charge in [-0.15, -0.1) is 0 Å². The molecule has 33 heavy (non-hydrogen) atoms. The Morgan fingerprint density at radius 3 is 2.15 bits per heavy atom.